The van der Waals surface area contributed by atoms with Crippen LogP contribution in [0.5, 0.6) is 0 Å². The molecule has 0 aromatic rings. The van der Waals surface area contributed by atoms with Crippen LogP contribution >= 0.6 is 0 Å². The molecular formula is C13H12F13NO. The molecule has 0 saturated heterocycles. The Kier molecular flexibility index (Phi) is 6.84. The number of alkyl halides is 13. The maximum Gasteiger partial charge on any atom is 0.460 e. The highest BCUT2D eigenvalue weighted by atomic mass is 19.4. The Morgan fingerprint density at radius 3 is 1.43 bits per heavy atom. The zero-order valence-corrected chi connectivity index (χ0v) is 13.9. The van der Waals surface area contributed by atoms with Gasteiger partial charge in [-0.1, -0.05) is 6.58 Å². The fourth-order valence-electron chi connectivity index (χ4n) is 1.69. The average Bonchev–Trinajstić information content (AvgIpc) is 2.49. The van der Waals surface area contributed by atoms with Gasteiger partial charge < -0.3 is 4.90 Å². The molecule has 0 aliphatic heterocycles. The predicted octanol–water partition coefficient (Wildman–Crippen LogP) is 5.15. The highest BCUT2D eigenvalue weighted by Crippen LogP contribution is 2.60. The van der Waals surface area contributed by atoms with Crippen LogP contribution in [0.3, 0.4) is 0 Å². The van der Waals surface area contributed by atoms with Gasteiger partial charge in [0.25, 0.3) is 0 Å². The Hall–Kier alpha value is -1.70. The normalized spacial score (nSPS) is 14.8. The van der Waals surface area contributed by atoms with E-state index in [9.17, 15) is 61.9 Å². The Labute approximate surface area is 149 Å². The topological polar surface area (TPSA) is 20.3 Å². The second kappa shape index (κ2) is 7.28. The summed E-state index contributed by atoms with van der Waals surface area (Å²) in [6, 6.07) is 0. The summed E-state index contributed by atoms with van der Waals surface area (Å²) in [5.41, 5.74) is -0.320. The molecule has 0 saturated carbocycles. The van der Waals surface area contributed by atoms with Gasteiger partial charge in [-0.15, -0.1) is 0 Å². The van der Waals surface area contributed by atoms with Crippen molar-refractivity contribution in [3.05, 3.63) is 12.2 Å². The van der Waals surface area contributed by atoms with Crippen LogP contribution in [0.2, 0.25) is 0 Å². The molecule has 15 heteroatoms. The minimum absolute atomic E-state index is 0.243. The van der Waals surface area contributed by atoms with Crippen LogP contribution in [0, 0.1) is 0 Å². The van der Waals surface area contributed by atoms with E-state index < -0.39 is 54.7 Å². The summed E-state index contributed by atoms with van der Waals surface area (Å²) in [5.74, 6) is -38.2. The van der Waals surface area contributed by atoms with Gasteiger partial charge in [-0.2, -0.15) is 57.1 Å². The molecule has 0 radical (unpaired) electrons. The third-order valence-corrected chi connectivity index (χ3v) is 3.47. The number of hydrogen-bond donors (Lipinski definition) is 0. The highest BCUT2D eigenvalue weighted by molar-refractivity contribution is 5.91. The molecule has 0 heterocycles. The van der Waals surface area contributed by atoms with E-state index in [1.54, 1.807) is 0 Å². The van der Waals surface area contributed by atoms with Gasteiger partial charge in [-0.05, 0) is 6.92 Å². The van der Waals surface area contributed by atoms with Crippen LogP contribution in [0.25, 0.3) is 0 Å². The molecule has 0 aromatic carbocycles. The van der Waals surface area contributed by atoms with Crippen LogP contribution in [0.15, 0.2) is 12.2 Å². The van der Waals surface area contributed by atoms with Gasteiger partial charge in [0.1, 0.15) is 0 Å². The Morgan fingerprint density at radius 2 is 1.11 bits per heavy atom. The Balaban J connectivity index is 5.92. The molecule has 0 aromatic heterocycles. The first-order valence-corrected chi connectivity index (χ1v) is 6.86. The van der Waals surface area contributed by atoms with Crippen LogP contribution in [0.1, 0.15) is 13.3 Å². The average molecular weight is 445 g/mol. The number of carbonyl (C=O) groups excluding carboxylic acids is 1. The lowest BCUT2D eigenvalue weighted by Crippen LogP contribution is -2.70. The van der Waals surface area contributed by atoms with Crippen molar-refractivity contribution in [3.63, 3.8) is 0 Å². The molecule has 1 amide bonds. The first kappa shape index (κ1) is 26.3. The minimum Gasteiger partial charge on any atom is -0.342 e. The van der Waals surface area contributed by atoms with E-state index in [0.717, 1.165) is 6.92 Å². The summed E-state index contributed by atoms with van der Waals surface area (Å²) in [6.45, 7) is 2.63. The van der Waals surface area contributed by atoms with Gasteiger partial charge in [0.15, 0.2) is 0 Å². The predicted molar refractivity (Wildman–Crippen MR) is 67.9 cm³/mol. The molecule has 2 nitrogen and oxygen atoms in total. The smallest absolute Gasteiger partial charge is 0.342 e. The molecule has 166 valence electrons. The Morgan fingerprint density at radius 1 is 0.750 bits per heavy atom. The highest BCUT2D eigenvalue weighted by Gasteiger charge is 2.90. The molecule has 0 spiro atoms. The van der Waals surface area contributed by atoms with Crippen LogP contribution < -0.4 is 0 Å². The summed E-state index contributed by atoms with van der Waals surface area (Å²) in [5, 5.41) is 0. The van der Waals surface area contributed by atoms with Crippen molar-refractivity contribution in [2.24, 2.45) is 0 Å². The second-order valence-electron chi connectivity index (χ2n) is 5.76. The standard InChI is InChI=1S/C13H12F13NO/c1-6(2)7(28)27(3)5-4-8(14,15)9(16,17)10(18,19)11(20,21)12(22,23)13(24,25)26/h1,4-5H2,2-3H3. The number of halogens is 13. The zero-order valence-electron chi connectivity index (χ0n) is 13.9. The molecule has 0 bridgehead atoms. The van der Waals surface area contributed by atoms with Gasteiger partial charge >= 0.3 is 35.8 Å². The summed E-state index contributed by atoms with van der Waals surface area (Å²) >= 11 is 0. The van der Waals surface area contributed by atoms with Gasteiger partial charge in [-0.3, -0.25) is 4.79 Å². The van der Waals surface area contributed by atoms with Crippen LogP contribution in [-0.2, 0) is 4.79 Å². The van der Waals surface area contributed by atoms with Crippen molar-refractivity contribution in [3.8, 4) is 0 Å². The number of likely N-dealkylation sites (N-methyl/N-ethyl adjacent to an activating group) is 1. The second-order valence-corrected chi connectivity index (χ2v) is 5.76. The van der Waals surface area contributed by atoms with E-state index in [4.69, 9.17) is 0 Å². The van der Waals surface area contributed by atoms with E-state index in [1.807, 2.05) is 0 Å². The van der Waals surface area contributed by atoms with Crippen molar-refractivity contribution >= 4 is 5.91 Å². The van der Waals surface area contributed by atoms with E-state index in [2.05, 4.69) is 6.58 Å². The van der Waals surface area contributed by atoms with Crippen LogP contribution in [-0.4, -0.2) is 60.2 Å². The van der Waals surface area contributed by atoms with Gasteiger partial charge in [0.2, 0.25) is 5.91 Å². The number of rotatable bonds is 8. The van der Waals surface area contributed by atoms with Crippen molar-refractivity contribution in [1.29, 1.82) is 0 Å². The number of carbonyl (C=O) groups is 1. The largest absolute Gasteiger partial charge is 0.460 e. The summed E-state index contributed by atoms with van der Waals surface area (Å²) < 4.78 is 167. The first-order chi connectivity index (χ1) is 12.0. The fraction of sp³-hybridized carbons (Fsp3) is 0.769. The van der Waals surface area contributed by atoms with Crippen LogP contribution in [0.4, 0.5) is 57.1 Å². The van der Waals surface area contributed by atoms with Gasteiger partial charge in [-0.25, -0.2) is 0 Å². The van der Waals surface area contributed by atoms with Gasteiger partial charge in [0.05, 0.1) is 0 Å². The molecular weight excluding hydrogens is 433 g/mol. The SMILES string of the molecule is C=C(C)C(=O)N(C)CCC(F)(F)C(F)(F)C(F)(F)C(F)(F)C(F)(F)C(F)(F)F. The third-order valence-electron chi connectivity index (χ3n) is 3.47. The molecule has 0 fully saturated rings. The van der Waals surface area contributed by atoms with Crippen molar-refractivity contribution in [2.45, 2.75) is 49.1 Å². The quantitative estimate of drug-likeness (QED) is 0.374. The molecule has 0 aliphatic rings. The van der Waals surface area contributed by atoms with E-state index in [0.29, 0.717) is 7.05 Å². The zero-order chi connectivity index (χ0) is 23.1. The molecule has 0 N–H and O–H groups in total. The fourth-order valence-corrected chi connectivity index (χ4v) is 1.69. The van der Waals surface area contributed by atoms with Crippen molar-refractivity contribution in [1.82, 2.24) is 4.90 Å². The number of amides is 1. The molecule has 28 heavy (non-hydrogen) atoms. The molecule has 0 rings (SSSR count). The lowest BCUT2D eigenvalue weighted by molar-refractivity contribution is -0.440. The molecule has 0 aliphatic carbocycles. The summed E-state index contributed by atoms with van der Waals surface area (Å²) in [4.78, 5) is 11.6. The number of hydrogen-bond acceptors (Lipinski definition) is 1. The summed E-state index contributed by atoms with van der Waals surface area (Å²) in [6.07, 6.45) is -9.90. The minimum atomic E-state index is -7.93. The monoisotopic (exact) mass is 445 g/mol. The maximum absolute atomic E-state index is 13.5. The van der Waals surface area contributed by atoms with Crippen molar-refractivity contribution < 1.29 is 61.9 Å². The maximum atomic E-state index is 13.5. The lowest BCUT2D eigenvalue weighted by atomic mass is 9.92. The summed E-state index contributed by atoms with van der Waals surface area (Å²) in [7, 11) is 0.704. The van der Waals surface area contributed by atoms with E-state index in [1.165, 1.54) is 0 Å². The lowest BCUT2D eigenvalue weighted by Gasteiger charge is -2.40. The first-order valence-electron chi connectivity index (χ1n) is 6.86. The number of nitrogens with zero attached hydrogens (tertiary/aromatic N) is 1. The third kappa shape index (κ3) is 4.02. The van der Waals surface area contributed by atoms with Crippen molar-refractivity contribution in [2.75, 3.05) is 13.6 Å². The van der Waals surface area contributed by atoms with E-state index in [-0.39, 0.29) is 10.5 Å². The Bertz CT molecular complexity index is 608. The van der Waals surface area contributed by atoms with Gasteiger partial charge in [0, 0.05) is 25.6 Å². The molecule has 0 atom stereocenters. The van der Waals surface area contributed by atoms with E-state index >= 15 is 0 Å². The molecule has 0 unspecified atom stereocenters.